The van der Waals surface area contributed by atoms with Crippen molar-refractivity contribution in [2.75, 3.05) is 10.2 Å². The number of amides is 3. The highest BCUT2D eigenvalue weighted by molar-refractivity contribution is 6.22. The van der Waals surface area contributed by atoms with Crippen molar-refractivity contribution < 1.29 is 18.8 Å². The quantitative estimate of drug-likeness (QED) is 0.819. The van der Waals surface area contributed by atoms with Crippen molar-refractivity contribution >= 4 is 29.1 Å². The van der Waals surface area contributed by atoms with E-state index < -0.39 is 0 Å². The Bertz CT molecular complexity index is 924. The summed E-state index contributed by atoms with van der Waals surface area (Å²) in [6, 6.07) is 11.9. The predicted octanol–water partition coefficient (Wildman–Crippen LogP) is 4.00. The van der Waals surface area contributed by atoms with Crippen LogP contribution in [0.25, 0.3) is 0 Å². The van der Waals surface area contributed by atoms with Crippen molar-refractivity contribution in [2.24, 2.45) is 17.8 Å². The average molecular weight is 380 g/mol. The van der Waals surface area contributed by atoms with Crippen LogP contribution >= 0.6 is 0 Å². The molecule has 1 aliphatic carbocycles. The Morgan fingerprint density at radius 1 is 0.964 bits per heavy atom. The molecule has 1 saturated heterocycles. The molecule has 28 heavy (non-hydrogen) atoms. The largest absolute Gasteiger partial charge is 0.322 e. The molecule has 4 rings (SSSR count). The van der Waals surface area contributed by atoms with Crippen LogP contribution in [0.4, 0.5) is 15.8 Å². The van der Waals surface area contributed by atoms with Crippen molar-refractivity contribution in [3.63, 3.8) is 0 Å². The average Bonchev–Trinajstić information content (AvgIpc) is 2.93. The first-order valence-electron chi connectivity index (χ1n) is 9.49. The molecule has 3 amide bonds. The number of fused-ring (bicyclic) bond motifs is 1. The van der Waals surface area contributed by atoms with Crippen LogP contribution in [0.5, 0.6) is 0 Å². The van der Waals surface area contributed by atoms with Crippen molar-refractivity contribution in [3.05, 3.63) is 59.9 Å². The van der Waals surface area contributed by atoms with Gasteiger partial charge in [-0.05, 0) is 73.7 Å². The summed E-state index contributed by atoms with van der Waals surface area (Å²) >= 11 is 0. The SMILES string of the molecule is C[C@H]1CC[C@H]2C(=O)N(c3ccc(C(=O)Nc4ccc(F)cc4)cc3)C(=O)[C@@H]2C1. The first-order valence-corrected chi connectivity index (χ1v) is 9.49. The summed E-state index contributed by atoms with van der Waals surface area (Å²) < 4.78 is 13.0. The molecule has 5 nitrogen and oxygen atoms in total. The van der Waals surface area contributed by atoms with Crippen LogP contribution in [0.3, 0.4) is 0 Å². The summed E-state index contributed by atoms with van der Waals surface area (Å²) in [6.45, 7) is 2.12. The maximum absolute atomic E-state index is 13.0. The van der Waals surface area contributed by atoms with Crippen LogP contribution in [0.15, 0.2) is 48.5 Å². The van der Waals surface area contributed by atoms with Crippen LogP contribution < -0.4 is 10.2 Å². The highest BCUT2D eigenvalue weighted by atomic mass is 19.1. The maximum atomic E-state index is 13.0. The molecule has 144 valence electrons. The van der Waals surface area contributed by atoms with E-state index in [0.29, 0.717) is 22.9 Å². The summed E-state index contributed by atoms with van der Waals surface area (Å²) in [5.74, 6) is -0.981. The number of anilines is 2. The molecular formula is C22H21FN2O3. The number of imide groups is 1. The number of halogens is 1. The van der Waals surface area contributed by atoms with E-state index in [1.807, 2.05) is 0 Å². The molecule has 0 spiro atoms. The fourth-order valence-corrected chi connectivity index (χ4v) is 4.14. The topological polar surface area (TPSA) is 66.5 Å². The van der Waals surface area contributed by atoms with E-state index in [9.17, 15) is 18.8 Å². The molecule has 2 aliphatic rings. The Morgan fingerprint density at radius 3 is 2.29 bits per heavy atom. The van der Waals surface area contributed by atoms with Gasteiger partial charge in [0.05, 0.1) is 17.5 Å². The summed E-state index contributed by atoms with van der Waals surface area (Å²) in [6.07, 6.45) is 2.48. The van der Waals surface area contributed by atoms with Gasteiger partial charge in [0, 0.05) is 11.3 Å². The van der Waals surface area contributed by atoms with Gasteiger partial charge in [0.2, 0.25) is 11.8 Å². The Balaban J connectivity index is 1.50. The molecule has 0 bridgehead atoms. The van der Waals surface area contributed by atoms with Gasteiger partial charge in [-0.2, -0.15) is 0 Å². The summed E-state index contributed by atoms with van der Waals surface area (Å²) in [5, 5.41) is 2.68. The molecule has 2 aromatic rings. The minimum absolute atomic E-state index is 0.134. The number of rotatable bonds is 3. The number of benzene rings is 2. The first-order chi connectivity index (χ1) is 13.4. The number of nitrogens with one attached hydrogen (secondary N) is 1. The minimum atomic E-state index is -0.378. The van der Waals surface area contributed by atoms with Gasteiger partial charge in [-0.25, -0.2) is 4.39 Å². The van der Waals surface area contributed by atoms with E-state index in [4.69, 9.17) is 0 Å². The van der Waals surface area contributed by atoms with Gasteiger partial charge in [0.15, 0.2) is 0 Å². The van der Waals surface area contributed by atoms with Crippen LogP contribution in [-0.4, -0.2) is 17.7 Å². The number of carbonyl (C=O) groups excluding carboxylic acids is 3. The Morgan fingerprint density at radius 2 is 1.61 bits per heavy atom. The lowest BCUT2D eigenvalue weighted by molar-refractivity contribution is -0.122. The van der Waals surface area contributed by atoms with Crippen LogP contribution in [0, 0.1) is 23.6 Å². The molecule has 0 unspecified atom stereocenters. The highest BCUT2D eigenvalue weighted by Crippen LogP contribution is 2.42. The molecule has 6 heteroatoms. The standard InChI is InChI=1S/C22H21FN2O3/c1-13-2-11-18-19(12-13)22(28)25(21(18)27)17-9-3-14(4-10-17)20(26)24-16-7-5-15(23)6-8-16/h3-10,13,18-19H,2,11-12H2,1H3,(H,24,26)/t13-,18+,19+/m0/s1. The summed E-state index contributed by atoms with van der Waals surface area (Å²) in [7, 11) is 0. The van der Waals surface area contributed by atoms with Crippen molar-refractivity contribution in [1.82, 2.24) is 0 Å². The Kier molecular flexibility index (Phi) is 4.71. The lowest BCUT2D eigenvalue weighted by Crippen LogP contribution is -2.30. The van der Waals surface area contributed by atoms with Crippen LogP contribution in [0.1, 0.15) is 36.5 Å². The minimum Gasteiger partial charge on any atom is -0.322 e. The number of carbonyl (C=O) groups is 3. The van der Waals surface area contributed by atoms with E-state index in [1.54, 1.807) is 24.3 Å². The third-order valence-electron chi connectivity index (χ3n) is 5.68. The Labute approximate surface area is 162 Å². The van der Waals surface area contributed by atoms with Gasteiger partial charge in [0.1, 0.15) is 5.82 Å². The van der Waals surface area contributed by atoms with Gasteiger partial charge in [-0.3, -0.25) is 19.3 Å². The van der Waals surface area contributed by atoms with Gasteiger partial charge >= 0.3 is 0 Å². The van der Waals surface area contributed by atoms with Crippen LogP contribution in [-0.2, 0) is 9.59 Å². The monoisotopic (exact) mass is 380 g/mol. The molecule has 3 atom stereocenters. The van der Waals surface area contributed by atoms with E-state index in [1.165, 1.54) is 29.2 Å². The predicted molar refractivity (Wildman–Crippen MR) is 103 cm³/mol. The molecule has 1 N–H and O–H groups in total. The molecule has 0 radical (unpaired) electrons. The lowest BCUT2D eigenvalue weighted by Gasteiger charge is -2.25. The molecule has 0 aromatic heterocycles. The van der Waals surface area contributed by atoms with Crippen molar-refractivity contribution in [2.45, 2.75) is 26.2 Å². The molecule has 1 heterocycles. The second kappa shape index (κ2) is 7.19. The smallest absolute Gasteiger partial charge is 0.255 e. The van der Waals surface area contributed by atoms with E-state index in [-0.39, 0.29) is 35.4 Å². The Hall–Kier alpha value is -3.02. The molecule has 2 fully saturated rings. The molecular weight excluding hydrogens is 359 g/mol. The second-order valence-electron chi connectivity index (χ2n) is 7.65. The van der Waals surface area contributed by atoms with Gasteiger partial charge in [-0.15, -0.1) is 0 Å². The second-order valence-corrected chi connectivity index (χ2v) is 7.65. The first kappa shape index (κ1) is 18.3. The third-order valence-corrected chi connectivity index (χ3v) is 5.68. The summed E-state index contributed by atoms with van der Waals surface area (Å²) in [5.41, 5.74) is 1.37. The fourth-order valence-electron chi connectivity index (χ4n) is 4.14. The van der Waals surface area contributed by atoms with Gasteiger partial charge in [0.25, 0.3) is 5.91 Å². The number of nitrogens with zero attached hydrogens (tertiary/aromatic N) is 1. The molecule has 1 aliphatic heterocycles. The molecule has 2 aromatic carbocycles. The van der Waals surface area contributed by atoms with Gasteiger partial charge < -0.3 is 5.32 Å². The van der Waals surface area contributed by atoms with E-state index in [0.717, 1.165) is 19.3 Å². The van der Waals surface area contributed by atoms with E-state index in [2.05, 4.69) is 12.2 Å². The normalized spacial score (nSPS) is 24.2. The fraction of sp³-hybridized carbons (Fsp3) is 0.318. The van der Waals surface area contributed by atoms with Gasteiger partial charge in [-0.1, -0.05) is 6.92 Å². The number of hydrogen-bond acceptors (Lipinski definition) is 3. The lowest BCUT2D eigenvalue weighted by atomic mass is 9.76. The third kappa shape index (κ3) is 3.30. The maximum Gasteiger partial charge on any atom is 0.255 e. The number of hydrogen-bond donors (Lipinski definition) is 1. The van der Waals surface area contributed by atoms with E-state index >= 15 is 0 Å². The zero-order valence-electron chi connectivity index (χ0n) is 15.5. The molecule has 1 saturated carbocycles. The highest BCUT2D eigenvalue weighted by Gasteiger charge is 2.49. The van der Waals surface area contributed by atoms with Crippen molar-refractivity contribution in [3.8, 4) is 0 Å². The van der Waals surface area contributed by atoms with Crippen LogP contribution in [0.2, 0.25) is 0 Å². The zero-order valence-corrected chi connectivity index (χ0v) is 15.5. The summed E-state index contributed by atoms with van der Waals surface area (Å²) in [4.78, 5) is 39.1. The van der Waals surface area contributed by atoms with Crippen molar-refractivity contribution in [1.29, 1.82) is 0 Å². The zero-order chi connectivity index (χ0) is 19.8.